The maximum atomic E-state index is 12.8. The molecule has 0 fully saturated rings. The van der Waals surface area contributed by atoms with Crippen LogP contribution in [-0.2, 0) is 22.1 Å². The van der Waals surface area contributed by atoms with Gasteiger partial charge in [-0.3, -0.25) is 4.79 Å². The number of rotatable bonds is 4. The number of carbonyl (C=O) groups is 1. The van der Waals surface area contributed by atoms with E-state index < -0.39 is 36.4 Å². The zero-order valence-electron chi connectivity index (χ0n) is 10.8. The highest BCUT2D eigenvalue weighted by Crippen LogP contribution is 2.38. The highest BCUT2D eigenvalue weighted by Gasteiger charge is 2.41. The number of hydrogen-bond donors (Lipinski definition) is 0. The fourth-order valence-electron chi connectivity index (χ4n) is 1.39. The van der Waals surface area contributed by atoms with Crippen LogP contribution in [0.1, 0.15) is 18.3 Å². The SMILES string of the molecule is CCOC(=O)Cc1nc(C(F)(F)F)c(OC(F)(F)F)cc1I. The number of pyridine rings is 1. The van der Waals surface area contributed by atoms with Crippen LogP contribution in [0.4, 0.5) is 26.3 Å². The van der Waals surface area contributed by atoms with Crippen LogP contribution in [0.2, 0.25) is 0 Å². The van der Waals surface area contributed by atoms with Gasteiger partial charge in [-0.05, 0) is 35.6 Å². The van der Waals surface area contributed by atoms with E-state index in [9.17, 15) is 31.1 Å². The van der Waals surface area contributed by atoms with Gasteiger partial charge in [0.1, 0.15) is 0 Å². The third-order valence-electron chi connectivity index (χ3n) is 2.12. The van der Waals surface area contributed by atoms with Crippen LogP contribution in [0.15, 0.2) is 6.07 Å². The number of hydrogen-bond acceptors (Lipinski definition) is 4. The number of halogens is 7. The summed E-state index contributed by atoms with van der Waals surface area (Å²) in [4.78, 5) is 14.4. The van der Waals surface area contributed by atoms with Gasteiger partial charge in [0.15, 0.2) is 11.4 Å². The summed E-state index contributed by atoms with van der Waals surface area (Å²) in [5, 5.41) is 0. The first-order chi connectivity index (χ1) is 9.94. The third kappa shape index (κ3) is 5.50. The fourth-order valence-corrected chi connectivity index (χ4v) is 1.98. The van der Waals surface area contributed by atoms with Crippen molar-refractivity contribution in [2.45, 2.75) is 25.9 Å². The highest BCUT2D eigenvalue weighted by atomic mass is 127. The van der Waals surface area contributed by atoms with Gasteiger partial charge in [-0.25, -0.2) is 4.98 Å². The second-order valence-corrected chi connectivity index (χ2v) is 4.95. The van der Waals surface area contributed by atoms with Gasteiger partial charge >= 0.3 is 18.5 Å². The molecule has 0 amide bonds. The Bertz CT molecular complexity index is 558. The topological polar surface area (TPSA) is 48.4 Å². The lowest BCUT2D eigenvalue weighted by molar-refractivity contribution is -0.276. The van der Waals surface area contributed by atoms with Gasteiger partial charge in [0.05, 0.1) is 18.7 Å². The average molecular weight is 443 g/mol. The van der Waals surface area contributed by atoms with E-state index in [1.165, 1.54) is 29.5 Å². The average Bonchev–Trinajstić information content (AvgIpc) is 2.29. The van der Waals surface area contributed by atoms with Gasteiger partial charge in [0.2, 0.25) is 0 Å². The molecule has 0 unspecified atom stereocenters. The molecule has 0 N–H and O–H groups in total. The van der Waals surface area contributed by atoms with Crippen molar-refractivity contribution in [3.63, 3.8) is 0 Å². The quantitative estimate of drug-likeness (QED) is 0.405. The van der Waals surface area contributed by atoms with E-state index in [-0.39, 0.29) is 15.9 Å². The van der Waals surface area contributed by atoms with Crippen LogP contribution in [0.3, 0.4) is 0 Å². The summed E-state index contributed by atoms with van der Waals surface area (Å²) in [7, 11) is 0. The van der Waals surface area contributed by atoms with Crippen molar-refractivity contribution in [2.75, 3.05) is 6.61 Å². The molecule has 0 spiro atoms. The van der Waals surface area contributed by atoms with Crippen LogP contribution in [0.25, 0.3) is 0 Å². The molecule has 0 aliphatic heterocycles. The summed E-state index contributed by atoms with van der Waals surface area (Å²) in [6.07, 6.45) is -11.1. The molecule has 4 nitrogen and oxygen atoms in total. The number of nitrogens with zero attached hydrogens (tertiary/aromatic N) is 1. The Morgan fingerprint density at radius 3 is 2.32 bits per heavy atom. The molecule has 1 aromatic heterocycles. The summed E-state index contributed by atoms with van der Waals surface area (Å²) in [6, 6.07) is 0.526. The van der Waals surface area contributed by atoms with Crippen LogP contribution in [0, 0.1) is 3.57 Å². The number of alkyl halides is 6. The Balaban J connectivity index is 3.27. The van der Waals surface area contributed by atoms with Gasteiger partial charge in [-0.15, -0.1) is 13.2 Å². The first-order valence-electron chi connectivity index (χ1n) is 5.62. The summed E-state index contributed by atoms with van der Waals surface area (Å²) in [5.74, 6) is -2.32. The van der Waals surface area contributed by atoms with Crippen LogP contribution < -0.4 is 4.74 Å². The molecule has 0 aromatic carbocycles. The Morgan fingerprint density at radius 1 is 1.27 bits per heavy atom. The predicted octanol–water partition coefficient (Wildman–Crippen LogP) is 3.71. The molecular formula is C11H8F6INO3. The fraction of sp³-hybridized carbons (Fsp3) is 0.455. The normalized spacial score (nSPS) is 12.2. The van der Waals surface area contributed by atoms with E-state index in [0.29, 0.717) is 6.07 Å². The first-order valence-corrected chi connectivity index (χ1v) is 6.70. The van der Waals surface area contributed by atoms with Crippen LogP contribution in [0.5, 0.6) is 5.75 Å². The minimum atomic E-state index is -5.30. The van der Waals surface area contributed by atoms with E-state index in [1.807, 2.05) is 0 Å². The van der Waals surface area contributed by atoms with Crippen molar-refractivity contribution in [1.82, 2.24) is 4.98 Å². The minimum Gasteiger partial charge on any atom is -0.466 e. The molecule has 11 heteroatoms. The largest absolute Gasteiger partial charge is 0.573 e. The van der Waals surface area contributed by atoms with Crippen molar-refractivity contribution < 1.29 is 40.6 Å². The molecule has 124 valence electrons. The van der Waals surface area contributed by atoms with E-state index in [0.717, 1.165) is 0 Å². The minimum absolute atomic E-state index is 0.0107. The smallest absolute Gasteiger partial charge is 0.466 e. The Labute approximate surface area is 133 Å². The van der Waals surface area contributed by atoms with Gasteiger partial charge < -0.3 is 9.47 Å². The van der Waals surface area contributed by atoms with E-state index in [4.69, 9.17) is 0 Å². The van der Waals surface area contributed by atoms with Crippen LogP contribution >= 0.6 is 22.6 Å². The summed E-state index contributed by atoms with van der Waals surface area (Å²) < 4.78 is 82.7. The summed E-state index contributed by atoms with van der Waals surface area (Å²) in [5.41, 5.74) is -2.20. The molecule has 22 heavy (non-hydrogen) atoms. The Morgan fingerprint density at radius 2 is 1.86 bits per heavy atom. The van der Waals surface area contributed by atoms with E-state index >= 15 is 0 Å². The van der Waals surface area contributed by atoms with Gasteiger partial charge in [0.25, 0.3) is 0 Å². The second-order valence-electron chi connectivity index (χ2n) is 3.79. The molecule has 0 saturated heterocycles. The maximum absolute atomic E-state index is 12.8. The molecule has 0 aliphatic rings. The number of esters is 1. The lowest BCUT2D eigenvalue weighted by Crippen LogP contribution is -2.22. The van der Waals surface area contributed by atoms with Crippen LogP contribution in [-0.4, -0.2) is 23.9 Å². The molecule has 1 rings (SSSR count). The molecular weight excluding hydrogens is 435 g/mol. The monoisotopic (exact) mass is 443 g/mol. The number of aromatic nitrogens is 1. The zero-order chi connectivity index (χ0) is 17.1. The van der Waals surface area contributed by atoms with Crippen molar-refractivity contribution in [1.29, 1.82) is 0 Å². The van der Waals surface area contributed by atoms with E-state index in [1.54, 1.807) is 0 Å². The Kier molecular flexibility index (Phi) is 5.87. The Hall–Kier alpha value is -1.27. The molecule has 1 heterocycles. The summed E-state index contributed by atoms with van der Waals surface area (Å²) in [6.45, 7) is 1.51. The standard InChI is InChI=1S/C11H8F6INO3/c1-2-21-8(20)4-6-5(18)3-7(22-11(15,16)17)9(19-6)10(12,13)14/h3H,2,4H2,1H3. The molecule has 0 aliphatic carbocycles. The first kappa shape index (κ1) is 18.8. The second kappa shape index (κ2) is 6.87. The highest BCUT2D eigenvalue weighted by molar-refractivity contribution is 14.1. The predicted molar refractivity (Wildman–Crippen MR) is 69.0 cm³/mol. The third-order valence-corrected chi connectivity index (χ3v) is 3.06. The maximum Gasteiger partial charge on any atom is 0.573 e. The van der Waals surface area contributed by atoms with Crippen molar-refractivity contribution in [3.8, 4) is 5.75 Å². The lowest BCUT2D eigenvalue weighted by Gasteiger charge is -2.16. The molecule has 0 bridgehead atoms. The van der Waals surface area contributed by atoms with Gasteiger partial charge in [0, 0.05) is 3.57 Å². The molecule has 0 saturated carbocycles. The van der Waals surface area contributed by atoms with Crippen molar-refractivity contribution in [2.24, 2.45) is 0 Å². The van der Waals surface area contributed by atoms with E-state index in [2.05, 4.69) is 14.5 Å². The van der Waals surface area contributed by atoms with Gasteiger partial charge in [-0.1, -0.05) is 0 Å². The summed E-state index contributed by atoms with van der Waals surface area (Å²) >= 11 is 1.46. The molecule has 0 radical (unpaired) electrons. The zero-order valence-corrected chi connectivity index (χ0v) is 13.0. The number of carbonyl (C=O) groups excluding carboxylic acids is 1. The number of ether oxygens (including phenoxy) is 2. The van der Waals surface area contributed by atoms with Crippen molar-refractivity contribution >= 4 is 28.6 Å². The van der Waals surface area contributed by atoms with Crippen molar-refractivity contribution in [3.05, 3.63) is 21.0 Å². The molecule has 0 atom stereocenters. The molecule has 1 aromatic rings. The lowest BCUT2D eigenvalue weighted by atomic mass is 10.2. The van der Waals surface area contributed by atoms with Gasteiger partial charge in [-0.2, -0.15) is 13.2 Å².